The Balaban J connectivity index is 2.43. The van der Waals surface area contributed by atoms with E-state index in [0.717, 1.165) is 0 Å². The van der Waals surface area contributed by atoms with Crippen molar-refractivity contribution in [3.8, 4) is 22.8 Å². The summed E-state index contributed by atoms with van der Waals surface area (Å²) in [6, 6.07) is 8.29. The van der Waals surface area contributed by atoms with Gasteiger partial charge in [0.15, 0.2) is 0 Å². The number of hydrogen-bond acceptors (Lipinski definition) is 5. The lowest BCUT2D eigenvalue weighted by atomic mass is 10.1. The second kappa shape index (κ2) is 4.77. The normalized spacial score (nSPS) is 10.7. The second-order valence-corrected chi connectivity index (χ2v) is 4.16. The Labute approximate surface area is 114 Å². The summed E-state index contributed by atoms with van der Waals surface area (Å²) in [5, 5.41) is 0.669. The molecule has 102 valence electrons. The Bertz CT molecular complexity index is 799. The van der Waals surface area contributed by atoms with Crippen molar-refractivity contribution in [3.63, 3.8) is 0 Å². The van der Waals surface area contributed by atoms with Crippen molar-refractivity contribution < 1.29 is 18.3 Å². The van der Waals surface area contributed by atoms with Gasteiger partial charge in [-0.3, -0.25) is 0 Å². The molecule has 0 bridgehead atoms. The van der Waals surface area contributed by atoms with Crippen LogP contribution in [0.3, 0.4) is 0 Å². The fraction of sp³-hybridized carbons (Fsp3) is 0.133. The molecule has 0 unspecified atom stereocenters. The van der Waals surface area contributed by atoms with Gasteiger partial charge in [-0.1, -0.05) is 0 Å². The van der Waals surface area contributed by atoms with Gasteiger partial charge in [-0.2, -0.15) is 0 Å². The van der Waals surface area contributed by atoms with Gasteiger partial charge < -0.3 is 18.3 Å². The molecule has 0 aliphatic heterocycles. The van der Waals surface area contributed by atoms with Crippen LogP contribution in [0.1, 0.15) is 0 Å². The van der Waals surface area contributed by atoms with Crippen LogP contribution >= 0.6 is 0 Å². The molecule has 3 rings (SSSR count). The number of fused-ring (bicyclic) bond motifs is 1. The predicted molar refractivity (Wildman–Crippen MR) is 73.3 cm³/mol. The molecule has 0 aliphatic rings. The van der Waals surface area contributed by atoms with Gasteiger partial charge in [0.05, 0.1) is 25.9 Å². The Morgan fingerprint density at radius 1 is 1.10 bits per heavy atom. The van der Waals surface area contributed by atoms with Crippen LogP contribution in [0.2, 0.25) is 0 Å². The van der Waals surface area contributed by atoms with Gasteiger partial charge in [-0.15, -0.1) is 0 Å². The minimum Gasteiger partial charge on any atom is -0.496 e. The molecule has 3 aromatic rings. The van der Waals surface area contributed by atoms with Crippen LogP contribution in [0, 0.1) is 0 Å². The number of ether oxygens (including phenoxy) is 2. The molecule has 20 heavy (non-hydrogen) atoms. The SMILES string of the molecule is COc1cc(OC)c2c(-c3ccco3)cc(=O)oc2c1. The fourth-order valence-corrected chi connectivity index (χ4v) is 2.14. The Kier molecular flexibility index (Phi) is 2.95. The first-order valence-electron chi connectivity index (χ1n) is 5.96. The van der Waals surface area contributed by atoms with Crippen LogP contribution in [0.25, 0.3) is 22.3 Å². The average molecular weight is 272 g/mol. The van der Waals surface area contributed by atoms with E-state index in [1.54, 1.807) is 37.6 Å². The quantitative estimate of drug-likeness (QED) is 0.686. The molecule has 2 heterocycles. The molecule has 0 spiro atoms. The predicted octanol–water partition coefficient (Wildman–Crippen LogP) is 3.07. The Hall–Kier alpha value is -2.69. The molecular formula is C15H12O5. The van der Waals surface area contributed by atoms with Crippen molar-refractivity contribution in [3.05, 3.63) is 47.0 Å². The third-order valence-corrected chi connectivity index (χ3v) is 3.02. The van der Waals surface area contributed by atoms with Gasteiger partial charge in [-0.05, 0) is 12.1 Å². The fourth-order valence-electron chi connectivity index (χ4n) is 2.14. The van der Waals surface area contributed by atoms with E-state index in [2.05, 4.69) is 0 Å². The van der Waals surface area contributed by atoms with Crippen molar-refractivity contribution in [2.75, 3.05) is 14.2 Å². The highest BCUT2D eigenvalue weighted by molar-refractivity contribution is 5.97. The first-order valence-corrected chi connectivity index (χ1v) is 5.96. The highest BCUT2D eigenvalue weighted by Crippen LogP contribution is 2.37. The maximum atomic E-state index is 11.7. The summed E-state index contributed by atoms with van der Waals surface area (Å²) < 4.78 is 21.1. The largest absolute Gasteiger partial charge is 0.496 e. The van der Waals surface area contributed by atoms with Gasteiger partial charge >= 0.3 is 5.63 Å². The van der Waals surface area contributed by atoms with Gasteiger partial charge in [-0.25, -0.2) is 4.79 Å². The van der Waals surface area contributed by atoms with Crippen LogP contribution in [-0.4, -0.2) is 14.2 Å². The first kappa shape index (κ1) is 12.3. The molecule has 0 atom stereocenters. The monoisotopic (exact) mass is 272 g/mol. The van der Waals surface area contributed by atoms with Crippen LogP contribution < -0.4 is 15.1 Å². The number of furan rings is 1. The summed E-state index contributed by atoms with van der Waals surface area (Å²) in [7, 11) is 3.08. The van der Waals surface area contributed by atoms with E-state index in [1.165, 1.54) is 13.2 Å². The third-order valence-electron chi connectivity index (χ3n) is 3.02. The molecule has 0 N–H and O–H groups in total. The van der Waals surface area contributed by atoms with Crippen molar-refractivity contribution in [1.29, 1.82) is 0 Å². The third kappa shape index (κ3) is 1.93. The lowest BCUT2D eigenvalue weighted by Crippen LogP contribution is -1.99. The van der Waals surface area contributed by atoms with Crippen LogP contribution in [0.5, 0.6) is 11.5 Å². The minimum atomic E-state index is -0.459. The summed E-state index contributed by atoms with van der Waals surface area (Å²) >= 11 is 0. The van der Waals surface area contributed by atoms with Crippen molar-refractivity contribution in [1.82, 2.24) is 0 Å². The summed E-state index contributed by atoms with van der Waals surface area (Å²) in [5.74, 6) is 1.68. The van der Waals surface area contributed by atoms with Crippen LogP contribution in [-0.2, 0) is 0 Å². The first-order chi connectivity index (χ1) is 9.72. The van der Waals surface area contributed by atoms with Gasteiger partial charge in [0.25, 0.3) is 0 Å². The highest BCUT2D eigenvalue weighted by Gasteiger charge is 2.16. The molecule has 0 amide bonds. The van der Waals surface area contributed by atoms with E-state index >= 15 is 0 Å². The Morgan fingerprint density at radius 2 is 1.95 bits per heavy atom. The molecule has 0 fully saturated rings. The van der Waals surface area contributed by atoms with E-state index in [1.807, 2.05) is 0 Å². The molecule has 0 aliphatic carbocycles. The van der Waals surface area contributed by atoms with Gasteiger partial charge in [0.2, 0.25) is 0 Å². The van der Waals surface area contributed by atoms with E-state index in [9.17, 15) is 4.79 Å². The zero-order chi connectivity index (χ0) is 14.1. The number of hydrogen-bond donors (Lipinski definition) is 0. The smallest absolute Gasteiger partial charge is 0.336 e. The summed E-state index contributed by atoms with van der Waals surface area (Å²) in [6.45, 7) is 0. The number of benzene rings is 1. The van der Waals surface area contributed by atoms with E-state index in [-0.39, 0.29) is 0 Å². The van der Waals surface area contributed by atoms with E-state index in [4.69, 9.17) is 18.3 Å². The second-order valence-electron chi connectivity index (χ2n) is 4.16. The zero-order valence-electron chi connectivity index (χ0n) is 11.0. The molecule has 2 aromatic heterocycles. The Morgan fingerprint density at radius 3 is 2.60 bits per heavy atom. The topological polar surface area (TPSA) is 61.8 Å². The average Bonchev–Trinajstić information content (AvgIpc) is 2.98. The van der Waals surface area contributed by atoms with Crippen molar-refractivity contribution >= 4 is 11.0 Å². The number of methoxy groups -OCH3 is 2. The maximum Gasteiger partial charge on any atom is 0.336 e. The van der Waals surface area contributed by atoms with Gasteiger partial charge in [0, 0.05) is 23.8 Å². The highest BCUT2D eigenvalue weighted by atomic mass is 16.5. The minimum absolute atomic E-state index is 0.389. The van der Waals surface area contributed by atoms with Crippen LogP contribution in [0.4, 0.5) is 0 Å². The molecule has 0 saturated heterocycles. The lowest BCUT2D eigenvalue weighted by Gasteiger charge is -2.10. The molecule has 5 nitrogen and oxygen atoms in total. The maximum absolute atomic E-state index is 11.7. The molecule has 5 heteroatoms. The van der Waals surface area contributed by atoms with Crippen molar-refractivity contribution in [2.24, 2.45) is 0 Å². The summed E-state index contributed by atoms with van der Waals surface area (Å²) in [4.78, 5) is 11.7. The van der Waals surface area contributed by atoms with E-state index < -0.39 is 5.63 Å². The summed E-state index contributed by atoms with van der Waals surface area (Å²) in [5.41, 5.74) is 0.556. The van der Waals surface area contributed by atoms with Gasteiger partial charge in [0.1, 0.15) is 22.8 Å². The number of rotatable bonds is 3. The molecular weight excluding hydrogens is 260 g/mol. The van der Waals surface area contributed by atoms with Crippen LogP contribution in [0.15, 0.2) is 50.2 Å². The summed E-state index contributed by atoms with van der Waals surface area (Å²) in [6.07, 6.45) is 1.55. The molecule has 1 aromatic carbocycles. The standard InChI is InChI=1S/C15H12O5/c1-17-9-6-12(18-2)15-10(11-4-3-5-19-11)8-14(16)20-13(15)7-9/h3-8H,1-2H3. The zero-order valence-corrected chi connectivity index (χ0v) is 11.0. The molecule has 0 radical (unpaired) electrons. The molecule has 0 saturated carbocycles. The van der Waals surface area contributed by atoms with E-state index in [0.29, 0.717) is 33.8 Å². The lowest BCUT2D eigenvalue weighted by molar-refractivity contribution is 0.396. The van der Waals surface area contributed by atoms with Crippen molar-refractivity contribution in [2.45, 2.75) is 0 Å².